The molecule has 1 nitrogen and oxygen atoms in total. The molecule has 5 atom stereocenters. The second-order valence-corrected chi connectivity index (χ2v) is 12.9. The lowest BCUT2D eigenvalue weighted by Gasteiger charge is -2.21. The molecular weight excluding hydrogens is 272 g/mol. The molecule has 0 heterocycles. The van der Waals surface area contributed by atoms with Crippen LogP contribution in [-0.4, -0.2) is 5.78 Å². The van der Waals surface area contributed by atoms with E-state index in [-0.39, 0.29) is 19.0 Å². The number of hydrogen-bond acceptors (Lipinski definition) is 1. The summed E-state index contributed by atoms with van der Waals surface area (Å²) in [7, 11) is 6.17. The lowest BCUT2D eigenvalue weighted by molar-refractivity contribution is 0.0953. The average molecular weight is 286 g/mol. The van der Waals surface area contributed by atoms with Gasteiger partial charge in [-0.2, -0.15) is 0 Å². The van der Waals surface area contributed by atoms with Crippen molar-refractivity contribution in [2.24, 2.45) is 5.92 Å². The third kappa shape index (κ3) is 2.30. The van der Waals surface area contributed by atoms with Gasteiger partial charge in [-0.15, -0.1) is 17.9 Å². The van der Waals surface area contributed by atoms with E-state index in [9.17, 15) is 4.79 Å². The largest absolute Gasteiger partial charge is 0.293 e. The maximum Gasteiger partial charge on any atom is 0.170 e. The quantitative estimate of drug-likeness (QED) is 0.755. The molecule has 5 unspecified atom stereocenters. The highest BCUT2D eigenvalue weighted by Crippen LogP contribution is 2.65. The van der Waals surface area contributed by atoms with E-state index in [1.807, 2.05) is 25.1 Å². The molecule has 2 rings (SSSR count). The summed E-state index contributed by atoms with van der Waals surface area (Å²) >= 11 is 0. The van der Waals surface area contributed by atoms with Gasteiger partial charge in [-0.25, -0.2) is 0 Å². The molecule has 84 valence electrons. The molecule has 0 bridgehead atoms. The minimum Gasteiger partial charge on any atom is -0.293 e. The molecule has 1 aromatic rings. The average Bonchev–Trinajstić information content (AvgIpc) is 2.32. The number of rotatable bonds is 2. The van der Waals surface area contributed by atoms with Crippen molar-refractivity contribution in [2.75, 3.05) is 0 Å². The van der Waals surface area contributed by atoms with Crippen LogP contribution in [0.1, 0.15) is 22.8 Å². The molecule has 0 amide bonds. The molecule has 0 fully saturated rings. The summed E-state index contributed by atoms with van der Waals surface area (Å²) in [6.45, 7) is 1.96. The lowest BCUT2D eigenvalue weighted by atomic mass is 9.89. The highest BCUT2D eigenvalue weighted by molar-refractivity contribution is 8.63. The standard InChI is InChI=1S/C11H14OP4/c1-7-5-6-8-3-2-4-9(16(14)15-13)10(8)11(7)12/h2-7,15H,13-14H2,1H3. The van der Waals surface area contributed by atoms with Gasteiger partial charge in [-0.05, 0) is 18.2 Å². The van der Waals surface area contributed by atoms with E-state index < -0.39 is 0 Å². The van der Waals surface area contributed by atoms with Gasteiger partial charge < -0.3 is 0 Å². The van der Waals surface area contributed by atoms with Gasteiger partial charge in [0.2, 0.25) is 0 Å². The van der Waals surface area contributed by atoms with Gasteiger partial charge in [0.25, 0.3) is 0 Å². The Hall–Kier alpha value is 0.350. The van der Waals surface area contributed by atoms with Crippen molar-refractivity contribution in [1.82, 2.24) is 0 Å². The van der Waals surface area contributed by atoms with Crippen molar-refractivity contribution < 1.29 is 4.79 Å². The van der Waals surface area contributed by atoms with E-state index in [4.69, 9.17) is 0 Å². The zero-order chi connectivity index (χ0) is 11.7. The van der Waals surface area contributed by atoms with Crippen LogP contribution >= 0.6 is 33.1 Å². The first-order chi connectivity index (χ1) is 7.65. The predicted molar refractivity (Wildman–Crippen MR) is 83.3 cm³/mol. The molecule has 0 N–H and O–H groups in total. The fourth-order valence-corrected chi connectivity index (χ4v) is 5.54. The van der Waals surface area contributed by atoms with Gasteiger partial charge in [0.1, 0.15) is 0 Å². The summed E-state index contributed by atoms with van der Waals surface area (Å²) in [5.74, 6) is 0.293. The Morgan fingerprint density at radius 3 is 2.88 bits per heavy atom. The van der Waals surface area contributed by atoms with E-state index in [2.05, 4.69) is 30.0 Å². The van der Waals surface area contributed by atoms with Crippen molar-refractivity contribution >= 4 is 50.3 Å². The molecule has 1 aliphatic carbocycles. The molecule has 1 aliphatic rings. The van der Waals surface area contributed by atoms with E-state index in [1.165, 1.54) is 5.30 Å². The molecule has 5 heteroatoms. The molecule has 0 radical (unpaired) electrons. The van der Waals surface area contributed by atoms with Crippen LogP contribution in [0.25, 0.3) is 6.08 Å². The first-order valence-corrected chi connectivity index (χ1v) is 11.6. The Bertz CT molecular complexity index is 455. The van der Waals surface area contributed by atoms with E-state index in [0.717, 1.165) is 19.1 Å². The highest BCUT2D eigenvalue weighted by Gasteiger charge is 2.24. The molecule has 1 aromatic carbocycles. The SMILES string of the molecule is CC1C=Cc2cccc(P(P)PP)c2C1=O. The van der Waals surface area contributed by atoms with Gasteiger partial charge >= 0.3 is 0 Å². The maximum absolute atomic E-state index is 12.2. The summed E-state index contributed by atoms with van der Waals surface area (Å²) in [6, 6.07) is 6.17. The Morgan fingerprint density at radius 2 is 2.19 bits per heavy atom. The first kappa shape index (κ1) is 12.8. The first-order valence-electron chi connectivity index (χ1n) is 5.01. The van der Waals surface area contributed by atoms with Gasteiger partial charge in [-0.1, -0.05) is 45.2 Å². The number of benzene rings is 1. The molecule has 0 spiro atoms. The van der Waals surface area contributed by atoms with E-state index in [0.29, 0.717) is 0 Å². The van der Waals surface area contributed by atoms with Crippen LogP contribution < -0.4 is 5.30 Å². The number of ketones is 1. The third-order valence-corrected chi connectivity index (χ3v) is 12.8. The lowest BCUT2D eigenvalue weighted by Crippen LogP contribution is -2.21. The van der Waals surface area contributed by atoms with Crippen LogP contribution in [0.5, 0.6) is 0 Å². The highest BCUT2D eigenvalue weighted by atomic mass is 32.6. The second kappa shape index (κ2) is 5.33. The summed E-state index contributed by atoms with van der Waals surface area (Å²) in [4.78, 5) is 12.2. The maximum atomic E-state index is 12.2. The van der Waals surface area contributed by atoms with Crippen molar-refractivity contribution in [3.05, 3.63) is 35.4 Å². The monoisotopic (exact) mass is 286 g/mol. The Labute approximate surface area is 103 Å². The van der Waals surface area contributed by atoms with Crippen LogP contribution in [0.3, 0.4) is 0 Å². The molecule has 16 heavy (non-hydrogen) atoms. The zero-order valence-corrected chi connectivity index (χ0v) is 13.2. The summed E-state index contributed by atoms with van der Waals surface area (Å²) in [5, 5.41) is 1.23. The van der Waals surface area contributed by atoms with E-state index in [1.54, 1.807) is 0 Å². The minimum atomic E-state index is -0.281. The summed E-state index contributed by atoms with van der Waals surface area (Å²) in [5.41, 5.74) is 2.03. The number of hydrogen-bond donors (Lipinski definition) is 0. The fourth-order valence-electron chi connectivity index (χ4n) is 1.80. The van der Waals surface area contributed by atoms with Gasteiger partial charge in [0.15, 0.2) is 5.78 Å². The number of fused-ring (bicyclic) bond motifs is 1. The number of carbonyl (C=O) groups excluding carboxylic acids is 1. The predicted octanol–water partition coefficient (Wildman–Crippen LogP) is 3.81. The van der Waals surface area contributed by atoms with Gasteiger partial charge in [-0.3, -0.25) is 4.79 Å². The fraction of sp³-hybridized carbons (Fsp3) is 0.182. The number of carbonyl (C=O) groups is 1. The molecule has 0 aliphatic heterocycles. The van der Waals surface area contributed by atoms with Crippen LogP contribution in [-0.2, 0) is 0 Å². The van der Waals surface area contributed by atoms with Crippen molar-refractivity contribution in [3.63, 3.8) is 0 Å². The Kier molecular flexibility index (Phi) is 4.26. The molecule has 0 aromatic heterocycles. The van der Waals surface area contributed by atoms with Gasteiger partial charge in [0.05, 0.1) is 0 Å². The van der Waals surface area contributed by atoms with Crippen LogP contribution in [0.2, 0.25) is 0 Å². The van der Waals surface area contributed by atoms with Crippen LogP contribution in [0, 0.1) is 5.92 Å². The normalized spacial score (nSPS) is 21.4. The summed E-state index contributed by atoms with van der Waals surface area (Å²) in [6.07, 6.45) is 4.06. The number of allylic oxidation sites excluding steroid dienone is 1. The minimum absolute atomic E-state index is 0.0230. The number of Topliss-reactive ketones (excluding diaryl/α,β-unsaturated/α-hetero) is 1. The topological polar surface area (TPSA) is 17.1 Å². The van der Waals surface area contributed by atoms with Crippen molar-refractivity contribution in [1.29, 1.82) is 0 Å². The second-order valence-electron chi connectivity index (χ2n) is 3.75. The van der Waals surface area contributed by atoms with Crippen LogP contribution in [0.15, 0.2) is 24.3 Å². The third-order valence-electron chi connectivity index (χ3n) is 2.70. The molecule has 0 saturated carbocycles. The van der Waals surface area contributed by atoms with Gasteiger partial charge in [0, 0.05) is 11.5 Å². The van der Waals surface area contributed by atoms with E-state index >= 15 is 0 Å². The van der Waals surface area contributed by atoms with Crippen molar-refractivity contribution in [2.45, 2.75) is 6.92 Å². The van der Waals surface area contributed by atoms with Crippen molar-refractivity contribution in [3.8, 4) is 0 Å². The zero-order valence-electron chi connectivity index (χ0n) is 8.97. The smallest absolute Gasteiger partial charge is 0.170 e. The molecule has 0 saturated heterocycles. The van der Waals surface area contributed by atoms with Crippen LogP contribution in [0.4, 0.5) is 0 Å². The molecular formula is C11H14OP4. The Balaban J connectivity index is 2.58. The summed E-state index contributed by atoms with van der Waals surface area (Å²) < 4.78 is 0. The Morgan fingerprint density at radius 1 is 1.44 bits per heavy atom.